The van der Waals surface area contributed by atoms with Gasteiger partial charge in [0.05, 0.1) is 0 Å². The summed E-state index contributed by atoms with van der Waals surface area (Å²) >= 11 is 0. The molecule has 0 saturated carbocycles. The van der Waals surface area contributed by atoms with Crippen LogP contribution in [0.2, 0.25) is 0 Å². The Kier molecular flexibility index (Phi) is 3.94. The molecule has 0 fully saturated rings. The van der Waals surface area contributed by atoms with Gasteiger partial charge in [0, 0.05) is 23.6 Å². The Morgan fingerprint density at radius 3 is 2.79 bits per heavy atom. The minimum Gasteiger partial charge on any atom is -0.387 e. The lowest BCUT2D eigenvalue weighted by atomic mass is 9.91. The molecule has 100 valence electrons. The number of hydrogen-bond donors (Lipinski definition) is 1. The van der Waals surface area contributed by atoms with Gasteiger partial charge in [-0.25, -0.2) is 0 Å². The second-order valence-corrected chi connectivity index (χ2v) is 5.45. The number of allylic oxidation sites excluding steroid dienone is 6. The third-order valence-corrected chi connectivity index (χ3v) is 3.92. The molecule has 0 aliphatic heterocycles. The maximum Gasteiger partial charge on any atom is 0.0482 e. The van der Waals surface area contributed by atoms with E-state index >= 15 is 0 Å². The van der Waals surface area contributed by atoms with Gasteiger partial charge in [-0.05, 0) is 18.9 Å². The highest BCUT2D eigenvalue weighted by atomic mass is 14.9. The van der Waals surface area contributed by atoms with E-state index in [1.807, 2.05) is 6.08 Å². The van der Waals surface area contributed by atoms with Gasteiger partial charge in [-0.1, -0.05) is 61.6 Å². The highest BCUT2D eigenvalue weighted by Gasteiger charge is 2.36. The third kappa shape index (κ3) is 3.17. The van der Waals surface area contributed by atoms with Gasteiger partial charge in [0.15, 0.2) is 0 Å². The summed E-state index contributed by atoms with van der Waals surface area (Å²) < 4.78 is 0. The molecule has 1 unspecified atom stereocenters. The predicted octanol–water partition coefficient (Wildman–Crippen LogP) is 4.30. The molecule has 1 atom stereocenters. The Hall–Kier alpha value is -1.76. The van der Waals surface area contributed by atoms with Gasteiger partial charge in [0.25, 0.3) is 0 Å². The van der Waals surface area contributed by atoms with Gasteiger partial charge in [0.1, 0.15) is 0 Å². The molecule has 1 nitrogen and oxygen atoms in total. The first-order chi connectivity index (χ1) is 9.07. The molecular weight excluding hydrogens is 230 g/mol. The Morgan fingerprint density at radius 1 is 1.42 bits per heavy atom. The molecule has 2 aliphatic carbocycles. The summed E-state index contributed by atoms with van der Waals surface area (Å²) in [6, 6.07) is 0. The van der Waals surface area contributed by atoms with E-state index in [1.54, 1.807) is 0 Å². The van der Waals surface area contributed by atoms with Gasteiger partial charge in [-0.3, -0.25) is 0 Å². The molecule has 19 heavy (non-hydrogen) atoms. The lowest BCUT2D eigenvalue weighted by Crippen LogP contribution is -2.27. The number of hydrogen-bond acceptors (Lipinski definition) is 1. The molecule has 0 spiro atoms. The standard InChI is InChI=1S/C18H23N/c1-5-15(3)16(4)19-13-18(11-12-18)17-8-6-7-14(2)9-10-17/h5,7-12,15,19H,1,4,6,13H2,2-3H3. The Bertz CT molecular complexity index is 494. The SMILES string of the molecule is C=CC(C)C(=C)NCC1(C2=CCC=C(C)C=C2)C=C1. The molecule has 1 heteroatoms. The van der Waals surface area contributed by atoms with Crippen molar-refractivity contribution in [3.63, 3.8) is 0 Å². The van der Waals surface area contributed by atoms with Crippen LogP contribution in [-0.4, -0.2) is 6.54 Å². The van der Waals surface area contributed by atoms with Crippen LogP contribution < -0.4 is 5.32 Å². The molecule has 0 bridgehead atoms. The topological polar surface area (TPSA) is 12.0 Å². The monoisotopic (exact) mass is 253 g/mol. The van der Waals surface area contributed by atoms with E-state index in [4.69, 9.17) is 0 Å². The van der Waals surface area contributed by atoms with E-state index < -0.39 is 0 Å². The zero-order chi connectivity index (χ0) is 13.9. The van der Waals surface area contributed by atoms with Crippen molar-refractivity contribution in [1.82, 2.24) is 5.32 Å². The largest absolute Gasteiger partial charge is 0.387 e. The summed E-state index contributed by atoms with van der Waals surface area (Å²) in [5.74, 6) is 0.304. The van der Waals surface area contributed by atoms with Gasteiger partial charge in [-0.2, -0.15) is 0 Å². The molecule has 0 aromatic rings. The van der Waals surface area contributed by atoms with E-state index in [2.05, 4.69) is 68.8 Å². The van der Waals surface area contributed by atoms with Crippen molar-refractivity contribution in [3.05, 3.63) is 72.5 Å². The summed E-state index contributed by atoms with van der Waals surface area (Å²) in [7, 11) is 0. The highest BCUT2D eigenvalue weighted by Crippen LogP contribution is 2.43. The lowest BCUT2D eigenvalue weighted by Gasteiger charge is -2.21. The van der Waals surface area contributed by atoms with E-state index in [-0.39, 0.29) is 5.41 Å². The van der Waals surface area contributed by atoms with Crippen LogP contribution in [0.25, 0.3) is 0 Å². The minimum absolute atomic E-state index is 0.0960. The number of nitrogens with one attached hydrogen (secondary N) is 1. The Morgan fingerprint density at radius 2 is 2.16 bits per heavy atom. The molecule has 0 radical (unpaired) electrons. The number of rotatable bonds is 6. The van der Waals surface area contributed by atoms with Crippen molar-refractivity contribution in [1.29, 1.82) is 0 Å². The van der Waals surface area contributed by atoms with Crippen LogP contribution in [0.3, 0.4) is 0 Å². The van der Waals surface area contributed by atoms with Crippen molar-refractivity contribution in [3.8, 4) is 0 Å². The van der Waals surface area contributed by atoms with E-state index in [0.717, 1.165) is 18.7 Å². The van der Waals surface area contributed by atoms with E-state index in [9.17, 15) is 0 Å². The third-order valence-electron chi connectivity index (χ3n) is 3.92. The molecule has 1 N–H and O–H groups in total. The van der Waals surface area contributed by atoms with Crippen molar-refractivity contribution in [2.24, 2.45) is 11.3 Å². The van der Waals surface area contributed by atoms with Crippen molar-refractivity contribution < 1.29 is 0 Å². The summed E-state index contributed by atoms with van der Waals surface area (Å²) in [6.45, 7) is 13.0. The summed E-state index contributed by atoms with van der Waals surface area (Å²) in [4.78, 5) is 0. The second-order valence-electron chi connectivity index (χ2n) is 5.45. The van der Waals surface area contributed by atoms with Crippen LogP contribution in [0.5, 0.6) is 0 Å². The van der Waals surface area contributed by atoms with Crippen LogP contribution in [0.4, 0.5) is 0 Å². The van der Waals surface area contributed by atoms with Gasteiger partial charge in [0.2, 0.25) is 0 Å². The Balaban J connectivity index is 1.97. The van der Waals surface area contributed by atoms with Crippen molar-refractivity contribution in [2.45, 2.75) is 20.3 Å². The van der Waals surface area contributed by atoms with Crippen LogP contribution in [0, 0.1) is 11.3 Å². The van der Waals surface area contributed by atoms with Crippen molar-refractivity contribution >= 4 is 0 Å². The van der Waals surface area contributed by atoms with Gasteiger partial charge >= 0.3 is 0 Å². The van der Waals surface area contributed by atoms with Crippen LogP contribution in [0.15, 0.2) is 72.5 Å². The van der Waals surface area contributed by atoms with Crippen LogP contribution in [-0.2, 0) is 0 Å². The fourth-order valence-corrected chi connectivity index (χ4v) is 2.15. The quantitative estimate of drug-likeness (QED) is 0.696. The fraction of sp³-hybridized carbons (Fsp3) is 0.333. The zero-order valence-corrected chi connectivity index (χ0v) is 11.9. The maximum atomic E-state index is 4.07. The predicted molar refractivity (Wildman–Crippen MR) is 83.7 cm³/mol. The van der Waals surface area contributed by atoms with Crippen molar-refractivity contribution in [2.75, 3.05) is 6.54 Å². The minimum atomic E-state index is 0.0960. The maximum absolute atomic E-state index is 4.07. The summed E-state index contributed by atoms with van der Waals surface area (Å²) in [6.07, 6.45) is 16.5. The first kappa shape index (κ1) is 13.7. The fourth-order valence-electron chi connectivity index (χ4n) is 2.15. The van der Waals surface area contributed by atoms with Crippen LogP contribution >= 0.6 is 0 Å². The molecular formula is C18H23N. The summed E-state index contributed by atoms with van der Waals surface area (Å²) in [5.41, 5.74) is 3.85. The average molecular weight is 253 g/mol. The van der Waals surface area contributed by atoms with Gasteiger partial charge in [-0.15, -0.1) is 6.58 Å². The van der Waals surface area contributed by atoms with E-state index in [0.29, 0.717) is 5.92 Å². The Labute approximate surface area is 116 Å². The average Bonchev–Trinajstić information content (AvgIpc) is 3.20. The molecule has 2 rings (SSSR count). The molecule has 0 aromatic heterocycles. The van der Waals surface area contributed by atoms with Gasteiger partial charge < -0.3 is 5.32 Å². The molecule has 2 aliphatic rings. The van der Waals surface area contributed by atoms with Crippen LogP contribution in [0.1, 0.15) is 20.3 Å². The van der Waals surface area contributed by atoms with E-state index in [1.165, 1.54) is 11.1 Å². The molecule has 0 amide bonds. The highest BCUT2D eigenvalue weighted by molar-refractivity contribution is 5.49. The zero-order valence-electron chi connectivity index (χ0n) is 11.9. The summed E-state index contributed by atoms with van der Waals surface area (Å²) in [5, 5.41) is 3.45. The molecule has 0 aromatic carbocycles. The normalized spacial score (nSPS) is 20.9. The molecule has 0 saturated heterocycles. The first-order valence-corrected chi connectivity index (χ1v) is 6.88. The second kappa shape index (κ2) is 5.48. The lowest BCUT2D eigenvalue weighted by molar-refractivity contribution is 0.592. The molecule has 0 heterocycles. The smallest absolute Gasteiger partial charge is 0.0482 e. The first-order valence-electron chi connectivity index (χ1n) is 6.88.